The van der Waals surface area contributed by atoms with Crippen molar-refractivity contribution < 1.29 is 4.74 Å². The van der Waals surface area contributed by atoms with Crippen LogP contribution >= 0.6 is 0 Å². The number of aromatic nitrogens is 3. The molecule has 1 unspecified atom stereocenters. The highest BCUT2D eigenvalue weighted by molar-refractivity contribution is 4.92. The molecule has 0 aliphatic carbocycles. The normalized spacial score (nSPS) is 21.2. The van der Waals surface area contributed by atoms with Gasteiger partial charge in [0, 0.05) is 25.8 Å². The summed E-state index contributed by atoms with van der Waals surface area (Å²) in [4.78, 5) is 2.29. The Kier molecular flexibility index (Phi) is 5.30. The molecule has 1 saturated heterocycles. The Morgan fingerprint density at radius 2 is 2.37 bits per heavy atom. The quantitative estimate of drug-likeness (QED) is 0.806. The van der Waals surface area contributed by atoms with Crippen molar-refractivity contribution in [1.82, 2.24) is 25.2 Å². The van der Waals surface area contributed by atoms with Gasteiger partial charge in [-0.25, -0.2) is 4.68 Å². The fraction of sp³-hybridized carbons (Fsp3) is 0.846. The topological polar surface area (TPSA) is 55.2 Å². The predicted molar refractivity (Wildman–Crippen MR) is 73.8 cm³/mol. The zero-order valence-corrected chi connectivity index (χ0v) is 12.2. The summed E-state index contributed by atoms with van der Waals surface area (Å²) in [5, 5.41) is 11.7. The van der Waals surface area contributed by atoms with Crippen molar-refractivity contribution in [2.24, 2.45) is 5.92 Å². The maximum absolute atomic E-state index is 5.73. The molecule has 0 radical (unpaired) electrons. The van der Waals surface area contributed by atoms with Gasteiger partial charge in [-0.3, -0.25) is 0 Å². The van der Waals surface area contributed by atoms with Crippen LogP contribution in [-0.2, 0) is 17.8 Å². The Morgan fingerprint density at radius 1 is 1.53 bits per heavy atom. The van der Waals surface area contributed by atoms with E-state index in [1.165, 1.54) is 0 Å². The van der Waals surface area contributed by atoms with E-state index in [2.05, 4.69) is 41.4 Å². The van der Waals surface area contributed by atoms with Crippen LogP contribution in [0.2, 0.25) is 0 Å². The number of ether oxygens (including phenoxy) is 1. The minimum absolute atomic E-state index is 0.219. The van der Waals surface area contributed by atoms with Gasteiger partial charge in [-0.1, -0.05) is 19.1 Å². The van der Waals surface area contributed by atoms with Crippen molar-refractivity contribution in [2.45, 2.75) is 33.0 Å². The minimum Gasteiger partial charge on any atom is -0.374 e. The van der Waals surface area contributed by atoms with Gasteiger partial charge in [-0.05, 0) is 19.5 Å². The zero-order valence-electron chi connectivity index (χ0n) is 12.2. The third kappa shape index (κ3) is 4.89. The van der Waals surface area contributed by atoms with Gasteiger partial charge in [0.1, 0.15) is 0 Å². The largest absolute Gasteiger partial charge is 0.374 e. The van der Waals surface area contributed by atoms with Crippen LogP contribution in [0.25, 0.3) is 0 Å². The van der Waals surface area contributed by atoms with Crippen LogP contribution in [0.1, 0.15) is 19.5 Å². The molecule has 108 valence electrons. The number of likely N-dealkylation sites (N-methyl/N-ethyl adjacent to an activating group) is 1. The van der Waals surface area contributed by atoms with Gasteiger partial charge in [0.05, 0.1) is 24.9 Å². The molecule has 1 aliphatic heterocycles. The summed E-state index contributed by atoms with van der Waals surface area (Å²) in [5.41, 5.74) is 0.991. The van der Waals surface area contributed by atoms with Crippen molar-refractivity contribution in [2.75, 3.05) is 33.3 Å². The van der Waals surface area contributed by atoms with Crippen molar-refractivity contribution in [3.8, 4) is 0 Å². The average molecular weight is 267 g/mol. The molecule has 6 heteroatoms. The molecular formula is C13H25N5O. The molecule has 2 rings (SSSR count). The van der Waals surface area contributed by atoms with E-state index >= 15 is 0 Å². The van der Waals surface area contributed by atoms with Crippen molar-refractivity contribution in [1.29, 1.82) is 0 Å². The second-order valence-electron chi connectivity index (χ2n) is 5.71. The lowest BCUT2D eigenvalue weighted by Gasteiger charge is -2.29. The third-order valence-corrected chi connectivity index (χ3v) is 3.18. The molecule has 6 nitrogen and oxygen atoms in total. The van der Waals surface area contributed by atoms with Crippen molar-refractivity contribution in [3.63, 3.8) is 0 Å². The monoisotopic (exact) mass is 267 g/mol. The van der Waals surface area contributed by atoms with Crippen LogP contribution in [0, 0.1) is 5.92 Å². The highest BCUT2D eigenvalue weighted by Crippen LogP contribution is 2.05. The van der Waals surface area contributed by atoms with Gasteiger partial charge in [0.2, 0.25) is 0 Å². The summed E-state index contributed by atoms with van der Waals surface area (Å²) in [6.45, 7) is 9.73. The molecule has 1 atom stereocenters. The maximum atomic E-state index is 5.73. The molecule has 0 bridgehead atoms. The first-order valence-electron chi connectivity index (χ1n) is 7.03. The molecule has 1 aromatic heterocycles. The lowest BCUT2D eigenvalue weighted by Crippen LogP contribution is -2.42. The van der Waals surface area contributed by atoms with E-state index in [0.717, 1.165) is 45.0 Å². The summed E-state index contributed by atoms with van der Waals surface area (Å²) in [6, 6.07) is 0. The number of hydrogen-bond donors (Lipinski definition) is 1. The Labute approximate surface area is 115 Å². The van der Waals surface area contributed by atoms with E-state index in [-0.39, 0.29) is 6.10 Å². The van der Waals surface area contributed by atoms with Crippen LogP contribution in [0.15, 0.2) is 6.20 Å². The smallest absolute Gasteiger partial charge is 0.0964 e. The second-order valence-corrected chi connectivity index (χ2v) is 5.71. The van der Waals surface area contributed by atoms with Crippen molar-refractivity contribution >= 4 is 0 Å². The van der Waals surface area contributed by atoms with E-state index in [1.54, 1.807) is 0 Å². The summed E-state index contributed by atoms with van der Waals surface area (Å²) in [7, 11) is 2.12. The number of rotatable bonds is 6. The Hall–Kier alpha value is -0.980. The van der Waals surface area contributed by atoms with Crippen molar-refractivity contribution in [3.05, 3.63) is 11.9 Å². The highest BCUT2D eigenvalue weighted by Gasteiger charge is 2.18. The first-order valence-corrected chi connectivity index (χ1v) is 7.03. The molecule has 19 heavy (non-hydrogen) atoms. The molecule has 0 saturated carbocycles. The lowest BCUT2D eigenvalue weighted by atomic mass is 10.2. The third-order valence-electron chi connectivity index (χ3n) is 3.18. The fourth-order valence-electron chi connectivity index (χ4n) is 2.18. The van der Waals surface area contributed by atoms with Gasteiger partial charge in [0.15, 0.2) is 0 Å². The predicted octanol–water partition coefficient (Wildman–Crippen LogP) is 0.354. The van der Waals surface area contributed by atoms with E-state index < -0.39 is 0 Å². The molecular weight excluding hydrogens is 242 g/mol. The SMILES string of the molecule is CC(C)CNCc1cn(CC2CN(C)CCO2)nn1. The van der Waals surface area contributed by atoms with Gasteiger partial charge >= 0.3 is 0 Å². The van der Waals surface area contributed by atoms with E-state index in [1.807, 2.05) is 10.9 Å². The van der Waals surface area contributed by atoms with Crippen LogP contribution in [-0.4, -0.2) is 59.3 Å². The molecule has 0 amide bonds. The van der Waals surface area contributed by atoms with Crippen LogP contribution < -0.4 is 5.32 Å². The first-order chi connectivity index (χ1) is 9.13. The molecule has 2 heterocycles. The lowest BCUT2D eigenvalue weighted by molar-refractivity contribution is -0.0292. The van der Waals surface area contributed by atoms with Gasteiger partial charge in [0.25, 0.3) is 0 Å². The van der Waals surface area contributed by atoms with Crippen LogP contribution in [0.3, 0.4) is 0 Å². The highest BCUT2D eigenvalue weighted by atomic mass is 16.5. The molecule has 0 aromatic carbocycles. The number of morpholine rings is 1. The molecule has 0 spiro atoms. The minimum atomic E-state index is 0.219. The maximum Gasteiger partial charge on any atom is 0.0964 e. The summed E-state index contributed by atoms with van der Waals surface area (Å²) in [6.07, 6.45) is 2.22. The van der Waals surface area contributed by atoms with Gasteiger partial charge < -0.3 is 15.0 Å². The van der Waals surface area contributed by atoms with Crippen LogP contribution in [0.5, 0.6) is 0 Å². The summed E-state index contributed by atoms with van der Waals surface area (Å²) in [5.74, 6) is 0.654. The number of hydrogen-bond acceptors (Lipinski definition) is 5. The Bertz CT molecular complexity index is 379. The van der Waals surface area contributed by atoms with E-state index in [4.69, 9.17) is 4.74 Å². The Morgan fingerprint density at radius 3 is 3.11 bits per heavy atom. The standard InChI is InChI=1S/C13H25N5O/c1-11(2)6-14-7-12-8-18(16-15-12)10-13-9-17(3)4-5-19-13/h8,11,13-14H,4-7,9-10H2,1-3H3. The average Bonchev–Trinajstić information content (AvgIpc) is 2.76. The van der Waals surface area contributed by atoms with Gasteiger partial charge in [-0.2, -0.15) is 0 Å². The zero-order chi connectivity index (χ0) is 13.7. The summed E-state index contributed by atoms with van der Waals surface area (Å²) >= 11 is 0. The van der Waals surface area contributed by atoms with E-state index in [9.17, 15) is 0 Å². The first kappa shape index (κ1) is 14.4. The molecule has 1 aliphatic rings. The summed E-state index contributed by atoms with van der Waals surface area (Å²) < 4.78 is 7.61. The van der Waals surface area contributed by atoms with Gasteiger partial charge in [-0.15, -0.1) is 5.10 Å². The number of nitrogens with one attached hydrogen (secondary N) is 1. The molecule has 1 aromatic rings. The van der Waals surface area contributed by atoms with Crippen LogP contribution in [0.4, 0.5) is 0 Å². The molecule has 1 N–H and O–H groups in total. The Balaban J connectivity index is 1.77. The fourth-order valence-corrected chi connectivity index (χ4v) is 2.18. The molecule has 1 fully saturated rings. The van der Waals surface area contributed by atoms with E-state index in [0.29, 0.717) is 5.92 Å². The second kappa shape index (κ2) is 6.98. The number of nitrogens with zero attached hydrogens (tertiary/aromatic N) is 4.